The summed E-state index contributed by atoms with van der Waals surface area (Å²) in [6.45, 7) is 0. The molecule has 1 aromatic heterocycles. The third-order valence-electron chi connectivity index (χ3n) is 3.96. The summed E-state index contributed by atoms with van der Waals surface area (Å²) in [5, 5.41) is 0.659. The molecule has 0 unspecified atom stereocenters. The maximum Gasteiger partial charge on any atom is 0.261 e. The molecule has 0 saturated carbocycles. The fourth-order valence-electron chi connectivity index (χ4n) is 2.61. The Morgan fingerprint density at radius 3 is 2.88 bits per heavy atom. The van der Waals surface area contributed by atoms with E-state index in [4.69, 9.17) is 4.99 Å². The minimum atomic E-state index is -0.000202. The van der Waals surface area contributed by atoms with Gasteiger partial charge in [0.05, 0.1) is 22.3 Å². The highest BCUT2D eigenvalue weighted by atomic mass is 32.2. The van der Waals surface area contributed by atoms with Gasteiger partial charge >= 0.3 is 0 Å². The average molecular weight is 353 g/mol. The molecular formula is C18H15N3OS2. The number of fused-ring (bicyclic) bond motifs is 2. The molecule has 4 nitrogen and oxygen atoms in total. The van der Waals surface area contributed by atoms with Gasteiger partial charge in [0.2, 0.25) is 0 Å². The normalized spacial score (nSPS) is 13.6. The molecule has 1 aliphatic rings. The molecular weight excluding hydrogens is 338 g/mol. The van der Waals surface area contributed by atoms with Crippen LogP contribution in [0.4, 0.5) is 5.69 Å². The van der Waals surface area contributed by atoms with Crippen molar-refractivity contribution in [1.29, 1.82) is 0 Å². The molecule has 0 amide bonds. The number of rotatable bonds is 2. The monoisotopic (exact) mass is 353 g/mol. The maximum atomic E-state index is 12.4. The number of aromatic nitrogens is 2. The average Bonchev–Trinajstić information content (AvgIpc) is 2.63. The van der Waals surface area contributed by atoms with Gasteiger partial charge in [-0.15, -0.1) is 0 Å². The Kier molecular flexibility index (Phi) is 4.16. The van der Waals surface area contributed by atoms with E-state index >= 15 is 0 Å². The third-order valence-corrected chi connectivity index (χ3v) is 6.20. The van der Waals surface area contributed by atoms with Crippen LogP contribution < -0.4 is 5.56 Å². The molecule has 0 radical (unpaired) electrons. The Morgan fingerprint density at radius 1 is 1.17 bits per heavy atom. The predicted molar refractivity (Wildman–Crippen MR) is 103 cm³/mol. The van der Waals surface area contributed by atoms with E-state index in [0.717, 1.165) is 27.2 Å². The van der Waals surface area contributed by atoms with E-state index in [-0.39, 0.29) is 5.56 Å². The van der Waals surface area contributed by atoms with Crippen LogP contribution in [-0.2, 0) is 18.6 Å². The standard InChI is InChI=1S/C18H15N3OS2/c1-21-16(19-15-9-5-3-7-13(15)17(21)22)11-24-18-20-14-8-4-2-6-12(14)10-23-18/h2-9H,10-11H2,1H3. The summed E-state index contributed by atoms with van der Waals surface area (Å²) in [7, 11) is 1.78. The van der Waals surface area contributed by atoms with Crippen molar-refractivity contribution in [3.63, 3.8) is 0 Å². The van der Waals surface area contributed by atoms with E-state index in [9.17, 15) is 4.79 Å². The smallest absolute Gasteiger partial charge is 0.261 e. The zero-order chi connectivity index (χ0) is 16.5. The Labute approximate surface area is 148 Å². The van der Waals surface area contributed by atoms with Gasteiger partial charge < -0.3 is 0 Å². The van der Waals surface area contributed by atoms with Crippen LogP contribution in [0.2, 0.25) is 0 Å². The Bertz CT molecular complexity index is 1010. The Morgan fingerprint density at radius 2 is 1.96 bits per heavy atom. The molecule has 2 aromatic carbocycles. The number of nitrogens with zero attached hydrogens (tertiary/aromatic N) is 3. The van der Waals surface area contributed by atoms with Crippen LogP contribution in [0.1, 0.15) is 11.4 Å². The van der Waals surface area contributed by atoms with Crippen molar-refractivity contribution < 1.29 is 0 Å². The van der Waals surface area contributed by atoms with E-state index in [1.165, 1.54) is 5.56 Å². The summed E-state index contributed by atoms with van der Waals surface area (Å²) in [6.07, 6.45) is 0. The number of hydrogen-bond donors (Lipinski definition) is 0. The highest BCUT2D eigenvalue weighted by molar-refractivity contribution is 8.38. The van der Waals surface area contributed by atoms with Crippen molar-refractivity contribution in [2.75, 3.05) is 0 Å². The van der Waals surface area contributed by atoms with Gasteiger partial charge in [0, 0.05) is 12.8 Å². The topological polar surface area (TPSA) is 47.2 Å². The highest BCUT2D eigenvalue weighted by Gasteiger charge is 2.14. The van der Waals surface area contributed by atoms with Gasteiger partial charge in [-0.25, -0.2) is 9.98 Å². The van der Waals surface area contributed by atoms with Crippen molar-refractivity contribution in [3.05, 3.63) is 70.3 Å². The van der Waals surface area contributed by atoms with E-state index in [1.807, 2.05) is 42.5 Å². The molecule has 120 valence electrons. The SMILES string of the molecule is Cn1c(CSC2=Nc3ccccc3CS2)nc2ccccc2c1=O. The summed E-state index contributed by atoms with van der Waals surface area (Å²) in [4.78, 5) is 21.8. The molecule has 0 fully saturated rings. The Hall–Kier alpha value is -2.05. The van der Waals surface area contributed by atoms with Gasteiger partial charge in [-0.05, 0) is 23.8 Å². The zero-order valence-corrected chi connectivity index (χ0v) is 14.7. The number of hydrogen-bond acceptors (Lipinski definition) is 5. The van der Waals surface area contributed by atoms with Gasteiger partial charge in [-0.2, -0.15) is 0 Å². The van der Waals surface area contributed by atoms with Crippen molar-refractivity contribution in [3.8, 4) is 0 Å². The van der Waals surface area contributed by atoms with Crippen molar-refractivity contribution in [1.82, 2.24) is 9.55 Å². The molecule has 0 aliphatic carbocycles. The number of aliphatic imine (C=N–C) groups is 1. The van der Waals surface area contributed by atoms with Gasteiger partial charge in [0.15, 0.2) is 0 Å². The van der Waals surface area contributed by atoms with E-state index in [2.05, 4.69) is 11.1 Å². The van der Waals surface area contributed by atoms with Gasteiger partial charge in [0.25, 0.3) is 5.56 Å². The van der Waals surface area contributed by atoms with Crippen LogP contribution >= 0.6 is 23.5 Å². The zero-order valence-electron chi connectivity index (χ0n) is 13.1. The second-order valence-electron chi connectivity index (χ2n) is 5.49. The van der Waals surface area contributed by atoms with Crippen LogP contribution in [0.15, 0.2) is 58.3 Å². The van der Waals surface area contributed by atoms with Crippen LogP contribution in [0.5, 0.6) is 0 Å². The molecule has 0 spiro atoms. The van der Waals surface area contributed by atoms with Gasteiger partial charge in [-0.3, -0.25) is 9.36 Å². The van der Waals surface area contributed by atoms with Crippen LogP contribution in [0.25, 0.3) is 10.9 Å². The minimum Gasteiger partial charge on any atom is -0.299 e. The predicted octanol–water partition coefficient (Wildman–Crippen LogP) is 4.10. The quantitative estimate of drug-likeness (QED) is 0.696. The van der Waals surface area contributed by atoms with Crippen LogP contribution in [0.3, 0.4) is 0 Å². The molecule has 1 aliphatic heterocycles. The lowest BCUT2D eigenvalue weighted by Crippen LogP contribution is -2.22. The summed E-state index contributed by atoms with van der Waals surface area (Å²) in [5.74, 6) is 2.34. The lowest BCUT2D eigenvalue weighted by Gasteiger charge is -2.14. The first kappa shape index (κ1) is 15.5. The molecule has 0 N–H and O–H groups in total. The molecule has 3 aromatic rings. The van der Waals surface area contributed by atoms with Crippen molar-refractivity contribution in [2.45, 2.75) is 11.5 Å². The fourth-order valence-corrected chi connectivity index (χ4v) is 4.65. The lowest BCUT2D eigenvalue weighted by molar-refractivity contribution is 0.786. The molecule has 6 heteroatoms. The molecule has 0 atom stereocenters. The number of benzene rings is 2. The highest BCUT2D eigenvalue weighted by Crippen LogP contribution is 2.35. The van der Waals surface area contributed by atoms with Gasteiger partial charge in [0.1, 0.15) is 10.2 Å². The number of thioether (sulfide) groups is 2. The summed E-state index contributed by atoms with van der Waals surface area (Å²) in [6, 6.07) is 15.7. The van der Waals surface area contributed by atoms with E-state index in [1.54, 1.807) is 35.1 Å². The Balaban J connectivity index is 1.61. The van der Waals surface area contributed by atoms with Gasteiger partial charge in [-0.1, -0.05) is 53.9 Å². The first-order valence-electron chi connectivity index (χ1n) is 7.59. The molecule has 4 rings (SSSR count). The van der Waals surface area contributed by atoms with Crippen molar-refractivity contribution in [2.24, 2.45) is 12.0 Å². The fraction of sp³-hybridized carbons (Fsp3) is 0.167. The first-order chi connectivity index (χ1) is 11.7. The van der Waals surface area contributed by atoms with E-state index in [0.29, 0.717) is 11.1 Å². The molecule has 24 heavy (non-hydrogen) atoms. The van der Waals surface area contributed by atoms with Crippen LogP contribution in [0, 0.1) is 0 Å². The van der Waals surface area contributed by atoms with E-state index < -0.39 is 0 Å². The summed E-state index contributed by atoms with van der Waals surface area (Å²) in [5.41, 5.74) is 3.06. The maximum absolute atomic E-state index is 12.4. The lowest BCUT2D eigenvalue weighted by atomic mass is 10.2. The summed E-state index contributed by atoms with van der Waals surface area (Å²) < 4.78 is 2.66. The largest absolute Gasteiger partial charge is 0.299 e. The van der Waals surface area contributed by atoms with Crippen molar-refractivity contribution >= 4 is 44.5 Å². The van der Waals surface area contributed by atoms with Crippen LogP contribution in [-0.4, -0.2) is 13.9 Å². The number of para-hydroxylation sites is 2. The third kappa shape index (κ3) is 2.87. The molecule has 2 heterocycles. The summed E-state index contributed by atoms with van der Waals surface area (Å²) >= 11 is 3.37. The molecule has 0 saturated heterocycles. The molecule has 0 bridgehead atoms. The minimum absolute atomic E-state index is 0.000202. The first-order valence-corrected chi connectivity index (χ1v) is 9.56. The second-order valence-corrected chi connectivity index (χ2v) is 7.68. The second kappa shape index (κ2) is 6.45.